The van der Waals surface area contributed by atoms with Gasteiger partial charge in [0.25, 0.3) is 11.6 Å². The SMILES string of the molecule is COC(=O)c1ccc(C=NNC(=O)c2ccc([N+](=O)[O-])cc2)cc1. The number of nitrogens with zero attached hydrogens (tertiary/aromatic N) is 2. The van der Waals surface area contributed by atoms with Gasteiger partial charge in [0.1, 0.15) is 0 Å². The van der Waals surface area contributed by atoms with Crippen molar-refractivity contribution in [1.29, 1.82) is 0 Å². The number of nitro benzene ring substituents is 1. The van der Waals surface area contributed by atoms with Crippen LogP contribution in [0.3, 0.4) is 0 Å². The minimum absolute atomic E-state index is 0.0965. The average molecular weight is 327 g/mol. The normalized spacial score (nSPS) is 10.4. The van der Waals surface area contributed by atoms with Crippen molar-refractivity contribution in [1.82, 2.24) is 5.43 Å². The third kappa shape index (κ3) is 4.23. The van der Waals surface area contributed by atoms with Crippen LogP contribution in [0, 0.1) is 10.1 Å². The van der Waals surface area contributed by atoms with Gasteiger partial charge in [0.15, 0.2) is 0 Å². The monoisotopic (exact) mass is 327 g/mol. The van der Waals surface area contributed by atoms with Crippen LogP contribution in [0.4, 0.5) is 5.69 Å². The van der Waals surface area contributed by atoms with E-state index in [-0.39, 0.29) is 11.3 Å². The second kappa shape index (κ2) is 7.63. The first-order valence-corrected chi connectivity index (χ1v) is 6.77. The van der Waals surface area contributed by atoms with E-state index in [1.807, 2.05) is 0 Å². The Morgan fingerprint density at radius 3 is 2.21 bits per heavy atom. The topological polar surface area (TPSA) is 111 Å². The van der Waals surface area contributed by atoms with E-state index in [2.05, 4.69) is 15.3 Å². The Morgan fingerprint density at radius 2 is 1.67 bits per heavy atom. The van der Waals surface area contributed by atoms with Gasteiger partial charge >= 0.3 is 5.97 Å². The fraction of sp³-hybridized carbons (Fsp3) is 0.0625. The van der Waals surface area contributed by atoms with Crippen molar-refractivity contribution in [3.05, 3.63) is 75.3 Å². The fourth-order valence-corrected chi connectivity index (χ4v) is 1.79. The van der Waals surface area contributed by atoms with Gasteiger partial charge in [0.2, 0.25) is 0 Å². The summed E-state index contributed by atoms with van der Waals surface area (Å²) in [5.74, 6) is -0.933. The minimum Gasteiger partial charge on any atom is -0.465 e. The molecule has 0 aromatic heterocycles. The van der Waals surface area contributed by atoms with Crippen molar-refractivity contribution in [3.63, 3.8) is 0 Å². The number of nitrogens with one attached hydrogen (secondary N) is 1. The lowest BCUT2D eigenvalue weighted by Crippen LogP contribution is -2.17. The lowest BCUT2D eigenvalue weighted by molar-refractivity contribution is -0.384. The summed E-state index contributed by atoms with van der Waals surface area (Å²) < 4.78 is 4.59. The molecule has 0 unspecified atom stereocenters. The van der Waals surface area contributed by atoms with E-state index in [1.54, 1.807) is 24.3 Å². The third-order valence-electron chi connectivity index (χ3n) is 3.05. The zero-order chi connectivity index (χ0) is 17.5. The summed E-state index contributed by atoms with van der Waals surface area (Å²) in [7, 11) is 1.30. The van der Waals surface area contributed by atoms with Gasteiger partial charge in [0.05, 0.1) is 23.8 Å². The summed E-state index contributed by atoms with van der Waals surface area (Å²) in [6.45, 7) is 0. The molecule has 0 bridgehead atoms. The van der Waals surface area contributed by atoms with E-state index in [4.69, 9.17) is 0 Å². The number of rotatable bonds is 5. The Hall–Kier alpha value is -3.55. The molecule has 0 saturated heterocycles. The van der Waals surface area contributed by atoms with Crippen molar-refractivity contribution < 1.29 is 19.2 Å². The molecule has 24 heavy (non-hydrogen) atoms. The Morgan fingerprint density at radius 1 is 1.08 bits per heavy atom. The second-order valence-corrected chi connectivity index (χ2v) is 4.62. The second-order valence-electron chi connectivity index (χ2n) is 4.62. The predicted molar refractivity (Wildman–Crippen MR) is 85.9 cm³/mol. The van der Waals surface area contributed by atoms with E-state index in [1.165, 1.54) is 37.6 Å². The molecule has 0 aliphatic carbocycles. The molecule has 2 aromatic carbocycles. The molecule has 0 saturated carbocycles. The van der Waals surface area contributed by atoms with Crippen molar-refractivity contribution in [2.45, 2.75) is 0 Å². The van der Waals surface area contributed by atoms with Crippen LogP contribution >= 0.6 is 0 Å². The molecule has 0 heterocycles. The first-order chi connectivity index (χ1) is 11.5. The maximum Gasteiger partial charge on any atom is 0.337 e. The van der Waals surface area contributed by atoms with Gasteiger partial charge in [-0.15, -0.1) is 0 Å². The molecule has 0 radical (unpaired) electrons. The highest BCUT2D eigenvalue weighted by atomic mass is 16.6. The molecule has 122 valence electrons. The van der Waals surface area contributed by atoms with Crippen LogP contribution < -0.4 is 5.43 Å². The standard InChI is InChI=1S/C16H13N3O5/c1-24-16(21)13-4-2-11(3-5-13)10-17-18-15(20)12-6-8-14(9-7-12)19(22)23/h2-10H,1H3,(H,18,20). The number of nitro groups is 1. The highest BCUT2D eigenvalue weighted by Gasteiger charge is 2.08. The summed E-state index contributed by atoms with van der Waals surface area (Å²) in [6.07, 6.45) is 1.41. The van der Waals surface area contributed by atoms with Crippen LogP contribution in [0.5, 0.6) is 0 Å². The maximum absolute atomic E-state index is 11.8. The Kier molecular flexibility index (Phi) is 5.35. The summed E-state index contributed by atoms with van der Waals surface area (Å²) >= 11 is 0. The Labute approximate surface area is 136 Å². The summed E-state index contributed by atoms with van der Waals surface area (Å²) in [5.41, 5.74) is 3.55. The van der Waals surface area contributed by atoms with Crippen molar-refractivity contribution in [3.8, 4) is 0 Å². The zero-order valence-electron chi connectivity index (χ0n) is 12.6. The number of amides is 1. The van der Waals surface area contributed by atoms with Crippen LogP contribution in [0.25, 0.3) is 0 Å². The molecule has 8 heteroatoms. The van der Waals surface area contributed by atoms with E-state index in [0.29, 0.717) is 11.1 Å². The van der Waals surface area contributed by atoms with E-state index >= 15 is 0 Å². The van der Waals surface area contributed by atoms with Crippen LogP contribution in [-0.4, -0.2) is 30.1 Å². The molecule has 0 fully saturated rings. The number of esters is 1. The number of hydrogen-bond donors (Lipinski definition) is 1. The van der Waals surface area contributed by atoms with Gasteiger partial charge in [-0.1, -0.05) is 12.1 Å². The van der Waals surface area contributed by atoms with E-state index in [0.717, 1.165) is 0 Å². The molecule has 2 aromatic rings. The first-order valence-electron chi connectivity index (χ1n) is 6.77. The summed E-state index contributed by atoms with van der Waals surface area (Å²) in [6, 6.07) is 11.6. The molecule has 0 spiro atoms. The number of non-ortho nitro benzene ring substituents is 1. The smallest absolute Gasteiger partial charge is 0.337 e. The van der Waals surface area contributed by atoms with Crippen LogP contribution in [0.15, 0.2) is 53.6 Å². The van der Waals surface area contributed by atoms with Crippen LogP contribution in [0.2, 0.25) is 0 Å². The van der Waals surface area contributed by atoms with Gasteiger partial charge in [-0.25, -0.2) is 10.2 Å². The van der Waals surface area contributed by atoms with Crippen molar-refractivity contribution in [2.75, 3.05) is 7.11 Å². The van der Waals surface area contributed by atoms with Crippen LogP contribution in [0.1, 0.15) is 26.3 Å². The van der Waals surface area contributed by atoms with Crippen molar-refractivity contribution in [2.24, 2.45) is 5.10 Å². The largest absolute Gasteiger partial charge is 0.465 e. The fourth-order valence-electron chi connectivity index (χ4n) is 1.79. The highest BCUT2D eigenvalue weighted by molar-refractivity contribution is 5.95. The lowest BCUT2D eigenvalue weighted by atomic mass is 10.1. The van der Waals surface area contributed by atoms with Crippen molar-refractivity contribution >= 4 is 23.8 Å². The number of hydrogen-bond acceptors (Lipinski definition) is 6. The Balaban J connectivity index is 1.96. The molecular formula is C16H13N3O5. The quantitative estimate of drug-likeness (QED) is 0.391. The highest BCUT2D eigenvalue weighted by Crippen LogP contribution is 2.11. The number of benzene rings is 2. The predicted octanol–water partition coefficient (Wildman–Crippen LogP) is 2.15. The lowest BCUT2D eigenvalue weighted by Gasteiger charge is -2.00. The number of carbonyl (C=O) groups excluding carboxylic acids is 2. The van der Waals surface area contributed by atoms with Gasteiger partial charge in [-0.05, 0) is 29.8 Å². The number of carbonyl (C=O) groups is 2. The number of methoxy groups -OCH3 is 1. The van der Waals surface area contributed by atoms with Crippen LogP contribution in [-0.2, 0) is 4.74 Å². The van der Waals surface area contributed by atoms with Gasteiger partial charge < -0.3 is 4.74 Å². The molecule has 8 nitrogen and oxygen atoms in total. The third-order valence-corrected chi connectivity index (χ3v) is 3.05. The molecule has 0 aliphatic rings. The summed E-state index contributed by atoms with van der Waals surface area (Å²) in [5, 5.41) is 14.3. The van der Waals surface area contributed by atoms with Gasteiger partial charge in [0, 0.05) is 17.7 Å². The first kappa shape index (κ1) is 16.8. The number of hydrazone groups is 1. The van der Waals surface area contributed by atoms with E-state index < -0.39 is 16.8 Å². The number of ether oxygens (including phenoxy) is 1. The Bertz CT molecular complexity index is 782. The molecule has 0 aliphatic heterocycles. The summed E-state index contributed by atoms with van der Waals surface area (Å²) in [4.78, 5) is 33.1. The molecule has 2 rings (SSSR count). The van der Waals surface area contributed by atoms with Gasteiger partial charge in [-0.3, -0.25) is 14.9 Å². The molecule has 0 atom stereocenters. The molecule has 1 N–H and O–H groups in total. The molecule has 1 amide bonds. The average Bonchev–Trinajstić information content (AvgIpc) is 2.61. The minimum atomic E-state index is -0.544. The zero-order valence-corrected chi connectivity index (χ0v) is 12.6. The molecular weight excluding hydrogens is 314 g/mol. The van der Waals surface area contributed by atoms with E-state index in [9.17, 15) is 19.7 Å². The van der Waals surface area contributed by atoms with Gasteiger partial charge in [-0.2, -0.15) is 5.10 Å². The maximum atomic E-state index is 11.8.